The molecule has 0 amide bonds. The van der Waals surface area contributed by atoms with Crippen molar-refractivity contribution in [3.8, 4) is 0 Å². The van der Waals surface area contributed by atoms with Crippen molar-refractivity contribution < 1.29 is 13.2 Å². The van der Waals surface area contributed by atoms with Crippen LogP contribution >= 0.6 is 15.9 Å². The molecular weight excluding hydrogens is 330 g/mol. The van der Waals surface area contributed by atoms with Gasteiger partial charge < -0.3 is 4.74 Å². The number of hydrogen-bond donors (Lipinski definition) is 0. The SMILES string of the molecule is CCC1COCCN1S(=O)(=O)c1ccc(Br)c(C)c1. The fourth-order valence-electron chi connectivity index (χ4n) is 2.19. The highest BCUT2D eigenvalue weighted by Gasteiger charge is 2.33. The predicted molar refractivity (Wildman–Crippen MR) is 77.7 cm³/mol. The monoisotopic (exact) mass is 347 g/mol. The van der Waals surface area contributed by atoms with Crippen LogP contribution in [0.1, 0.15) is 18.9 Å². The van der Waals surface area contributed by atoms with Crippen molar-refractivity contribution in [1.82, 2.24) is 4.31 Å². The van der Waals surface area contributed by atoms with E-state index in [0.29, 0.717) is 24.7 Å². The van der Waals surface area contributed by atoms with Crippen LogP contribution in [0.3, 0.4) is 0 Å². The lowest BCUT2D eigenvalue weighted by molar-refractivity contribution is 0.0314. The molecule has 1 aromatic rings. The zero-order valence-corrected chi connectivity index (χ0v) is 13.5. The van der Waals surface area contributed by atoms with E-state index in [0.717, 1.165) is 16.5 Å². The molecule has 1 unspecified atom stereocenters. The second-order valence-electron chi connectivity index (χ2n) is 4.66. The van der Waals surface area contributed by atoms with E-state index in [1.807, 2.05) is 13.8 Å². The molecule has 0 N–H and O–H groups in total. The molecule has 4 nitrogen and oxygen atoms in total. The second-order valence-corrected chi connectivity index (χ2v) is 7.41. The molecule has 1 aliphatic heterocycles. The smallest absolute Gasteiger partial charge is 0.243 e. The Labute approximate surface area is 122 Å². The fraction of sp³-hybridized carbons (Fsp3) is 0.538. The van der Waals surface area contributed by atoms with Crippen LogP contribution in [0.5, 0.6) is 0 Å². The van der Waals surface area contributed by atoms with Crippen LogP contribution in [-0.2, 0) is 14.8 Å². The second kappa shape index (κ2) is 5.91. The van der Waals surface area contributed by atoms with Crippen LogP contribution in [-0.4, -0.2) is 38.5 Å². The number of benzene rings is 1. The Hall–Kier alpha value is -0.430. The summed E-state index contributed by atoms with van der Waals surface area (Å²) < 4.78 is 33.2. The summed E-state index contributed by atoms with van der Waals surface area (Å²) >= 11 is 3.39. The van der Waals surface area contributed by atoms with Gasteiger partial charge in [0, 0.05) is 17.1 Å². The molecule has 19 heavy (non-hydrogen) atoms. The first-order chi connectivity index (χ1) is 8.96. The maximum absolute atomic E-state index is 12.7. The number of hydrogen-bond acceptors (Lipinski definition) is 3. The summed E-state index contributed by atoms with van der Waals surface area (Å²) in [6.07, 6.45) is 0.759. The quantitative estimate of drug-likeness (QED) is 0.844. The van der Waals surface area contributed by atoms with Crippen molar-refractivity contribution in [3.63, 3.8) is 0 Å². The van der Waals surface area contributed by atoms with Crippen molar-refractivity contribution in [2.24, 2.45) is 0 Å². The third-order valence-corrected chi connectivity index (χ3v) is 6.22. The first-order valence-electron chi connectivity index (χ1n) is 6.32. The summed E-state index contributed by atoms with van der Waals surface area (Å²) in [6.45, 7) is 5.24. The van der Waals surface area contributed by atoms with Gasteiger partial charge in [0.05, 0.1) is 18.1 Å². The summed E-state index contributed by atoms with van der Waals surface area (Å²) in [7, 11) is -3.43. The van der Waals surface area contributed by atoms with E-state index >= 15 is 0 Å². The Kier molecular flexibility index (Phi) is 4.66. The normalized spacial score (nSPS) is 21.5. The van der Waals surface area contributed by atoms with Gasteiger partial charge >= 0.3 is 0 Å². The summed E-state index contributed by atoms with van der Waals surface area (Å²) in [5, 5.41) is 0. The summed E-state index contributed by atoms with van der Waals surface area (Å²) in [5.74, 6) is 0. The van der Waals surface area contributed by atoms with E-state index in [1.165, 1.54) is 0 Å². The van der Waals surface area contributed by atoms with Crippen molar-refractivity contribution in [3.05, 3.63) is 28.2 Å². The summed E-state index contributed by atoms with van der Waals surface area (Å²) in [5.41, 5.74) is 0.919. The van der Waals surface area contributed by atoms with Gasteiger partial charge in [0.1, 0.15) is 0 Å². The summed E-state index contributed by atoms with van der Waals surface area (Å²) in [4.78, 5) is 0.355. The molecular formula is C13H18BrNO3S. The maximum Gasteiger partial charge on any atom is 0.243 e. The first-order valence-corrected chi connectivity index (χ1v) is 8.56. The van der Waals surface area contributed by atoms with Crippen LogP contribution in [0, 0.1) is 6.92 Å². The van der Waals surface area contributed by atoms with Crippen LogP contribution in [0.25, 0.3) is 0 Å². The Bertz CT molecular complexity index is 559. The fourth-order valence-corrected chi connectivity index (χ4v) is 4.19. The van der Waals surface area contributed by atoms with Gasteiger partial charge in [0.15, 0.2) is 0 Å². The van der Waals surface area contributed by atoms with E-state index in [1.54, 1.807) is 22.5 Å². The Morgan fingerprint density at radius 1 is 1.47 bits per heavy atom. The number of rotatable bonds is 3. The number of sulfonamides is 1. The molecule has 0 saturated carbocycles. The average molecular weight is 348 g/mol. The molecule has 6 heteroatoms. The van der Waals surface area contributed by atoms with Gasteiger partial charge in [0.2, 0.25) is 10.0 Å². The molecule has 1 atom stereocenters. The van der Waals surface area contributed by atoms with E-state index < -0.39 is 10.0 Å². The molecule has 1 heterocycles. The largest absolute Gasteiger partial charge is 0.378 e. The average Bonchev–Trinajstić information content (AvgIpc) is 2.41. The summed E-state index contributed by atoms with van der Waals surface area (Å²) in [6, 6.07) is 5.07. The van der Waals surface area contributed by atoms with Crippen LogP contribution in [0.2, 0.25) is 0 Å². The van der Waals surface area contributed by atoms with Gasteiger partial charge in [-0.05, 0) is 37.1 Å². The van der Waals surface area contributed by atoms with E-state index in [9.17, 15) is 8.42 Å². The van der Waals surface area contributed by atoms with Gasteiger partial charge in [-0.15, -0.1) is 0 Å². The third-order valence-electron chi connectivity index (χ3n) is 3.38. The molecule has 0 aromatic heterocycles. The number of morpholine rings is 1. The van der Waals surface area contributed by atoms with Crippen molar-refractivity contribution >= 4 is 26.0 Å². The molecule has 106 valence electrons. The Morgan fingerprint density at radius 2 is 2.21 bits per heavy atom. The molecule has 0 spiro atoms. The molecule has 1 fully saturated rings. The molecule has 0 aliphatic carbocycles. The lowest BCUT2D eigenvalue weighted by Gasteiger charge is -2.34. The number of halogens is 1. The topological polar surface area (TPSA) is 46.6 Å². The first kappa shape index (κ1) is 15.0. The van der Waals surface area contributed by atoms with Crippen LogP contribution < -0.4 is 0 Å². The molecule has 1 aliphatic rings. The lowest BCUT2D eigenvalue weighted by atomic mass is 10.2. The van der Waals surface area contributed by atoms with Gasteiger partial charge in [0.25, 0.3) is 0 Å². The van der Waals surface area contributed by atoms with Crippen molar-refractivity contribution in [1.29, 1.82) is 0 Å². The van der Waals surface area contributed by atoms with Gasteiger partial charge in [-0.2, -0.15) is 4.31 Å². The number of ether oxygens (including phenoxy) is 1. The van der Waals surface area contributed by atoms with E-state index in [2.05, 4.69) is 15.9 Å². The number of aryl methyl sites for hydroxylation is 1. The number of nitrogens with zero attached hydrogens (tertiary/aromatic N) is 1. The highest BCUT2D eigenvalue weighted by atomic mass is 79.9. The standard InChI is InChI=1S/C13H18BrNO3S/c1-3-11-9-18-7-6-15(11)19(16,17)12-4-5-13(14)10(2)8-12/h4-5,8,11H,3,6-7,9H2,1-2H3. The predicted octanol–water partition coefficient (Wildman–Crippen LogP) is 2.56. The Morgan fingerprint density at radius 3 is 2.84 bits per heavy atom. The Balaban J connectivity index is 2.37. The van der Waals surface area contributed by atoms with Gasteiger partial charge in [-0.1, -0.05) is 22.9 Å². The van der Waals surface area contributed by atoms with Crippen LogP contribution in [0.15, 0.2) is 27.6 Å². The van der Waals surface area contributed by atoms with Crippen molar-refractivity contribution in [2.45, 2.75) is 31.2 Å². The molecule has 1 aromatic carbocycles. The molecule has 0 radical (unpaired) electrons. The zero-order chi connectivity index (χ0) is 14.0. The molecule has 2 rings (SSSR count). The van der Waals surface area contributed by atoms with Gasteiger partial charge in [-0.3, -0.25) is 0 Å². The van der Waals surface area contributed by atoms with E-state index in [4.69, 9.17) is 4.74 Å². The molecule has 0 bridgehead atoms. The maximum atomic E-state index is 12.7. The zero-order valence-electron chi connectivity index (χ0n) is 11.1. The van der Waals surface area contributed by atoms with Gasteiger partial charge in [-0.25, -0.2) is 8.42 Å². The lowest BCUT2D eigenvalue weighted by Crippen LogP contribution is -2.48. The highest BCUT2D eigenvalue weighted by Crippen LogP contribution is 2.25. The van der Waals surface area contributed by atoms with E-state index in [-0.39, 0.29) is 6.04 Å². The minimum absolute atomic E-state index is 0.0669. The minimum atomic E-state index is -3.43. The highest BCUT2D eigenvalue weighted by molar-refractivity contribution is 9.10. The third kappa shape index (κ3) is 3.02. The minimum Gasteiger partial charge on any atom is -0.378 e. The van der Waals surface area contributed by atoms with Crippen LogP contribution in [0.4, 0.5) is 0 Å². The van der Waals surface area contributed by atoms with Crippen molar-refractivity contribution in [2.75, 3.05) is 19.8 Å². The molecule has 1 saturated heterocycles.